The molecule has 0 fully saturated rings. The highest BCUT2D eigenvalue weighted by Gasteiger charge is 2.22. The molecule has 1 amide bonds. The Kier molecular flexibility index (Phi) is 5.44. The molecule has 4 heteroatoms. The number of hydrogen-bond donors (Lipinski definition) is 2. The minimum atomic E-state index is -0.867. The number of carbonyl (C=O) groups excluding carboxylic acids is 2. The number of rotatable bonds is 6. The summed E-state index contributed by atoms with van der Waals surface area (Å²) in [6.45, 7) is 1.96. The number of hydrogen-bond acceptors (Lipinski definition) is 3. The van der Waals surface area contributed by atoms with Crippen LogP contribution in [0.5, 0.6) is 0 Å². The summed E-state index contributed by atoms with van der Waals surface area (Å²) in [5.74, 6) is -0.502. The molecule has 0 aromatic heterocycles. The van der Waals surface area contributed by atoms with Crippen molar-refractivity contribution >= 4 is 17.4 Å². The molecule has 0 spiro atoms. The van der Waals surface area contributed by atoms with E-state index < -0.39 is 6.17 Å². The number of benzene rings is 3. The lowest BCUT2D eigenvalue weighted by molar-refractivity contribution is 0.0869. The van der Waals surface area contributed by atoms with Crippen molar-refractivity contribution in [3.8, 4) is 0 Å². The Bertz CT molecular complexity index is 875. The Morgan fingerprint density at radius 1 is 0.731 bits per heavy atom. The topological polar surface area (TPSA) is 58.2 Å². The Morgan fingerprint density at radius 3 is 1.92 bits per heavy atom. The minimum Gasteiger partial charge on any atom is -0.359 e. The molecule has 2 N–H and O–H groups in total. The molecule has 3 aromatic rings. The summed E-state index contributed by atoms with van der Waals surface area (Å²) in [6, 6.07) is 25.5. The molecule has 1 unspecified atom stereocenters. The third kappa shape index (κ3) is 4.36. The van der Waals surface area contributed by atoms with Gasteiger partial charge in [0.15, 0.2) is 6.17 Å². The molecule has 3 aromatic carbocycles. The van der Waals surface area contributed by atoms with Gasteiger partial charge < -0.3 is 10.6 Å². The fourth-order valence-electron chi connectivity index (χ4n) is 2.56. The van der Waals surface area contributed by atoms with E-state index in [4.69, 9.17) is 0 Å². The van der Waals surface area contributed by atoms with Gasteiger partial charge in [-0.1, -0.05) is 66.2 Å². The van der Waals surface area contributed by atoms with Crippen LogP contribution in [0.25, 0.3) is 0 Å². The lowest BCUT2D eigenvalue weighted by Crippen LogP contribution is -2.46. The average molecular weight is 344 g/mol. The molecule has 0 aliphatic carbocycles. The summed E-state index contributed by atoms with van der Waals surface area (Å²) in [7, 11) is 0. The van der Waals surface area contributed by atoms with Crippen LogP contribution in [0.4, 0.5) is 5.69 Å². The average Bonchev–Trinajstić information content (AvgIpc) is 2.69. The second-order valence-corrected chi connectivity index (χ2v) is 6.01. The number of anilines is 1. The first-order valence-corrected chi connectivity index (χ1v) is 8.42. The van der Waals surface area contributed by atoms with E-state index in [2.05, 4.69) is 10.6 Å². The van der Waals surface area contributed by atoms with Crippen LogP contribution in [0.1, 0.15) is 26.3 Å². The molecule has 0 saturated heterocycles. The third-order valence-electron chi connectivity index (χ3n) is 3.99. The van der Waals surface area contributed by atoms with E-state index >= 15 is 0 Å². The molecule has 0 radical (unpaired) electrons. The van der Waals surface area contributed by atoms with Crippen molar-refractivity contribution in [2.24, 2.45) is 0 Å². The van der Waals surface area contributed by atoms with Gasteiger partial charge in [-0.2, -0.15) is 0 Å². The summed E-state index contributed by atoms with van der Waals surface area (Å²) in [6.07, 6.45) is -0.867. The highest BCUT2D eigenvalue weighted by Crippen LogP contribution is 2.11. The van der Waals surface area contributed by atoms with Crippen molar-refractivity contribution in [2.75, 3.05) is 5.32 Å². The predicted octanol–water partition coefficient (Wildman–Crippen LogP) is 4.05. The van der Waals surface area contributed by atoms with Crippen LogP contribution in [0.2, 0.25) is 0 Å². The lowest BCUT2D eigenvalue weighted by atomic mass is 10.1. The number of Topliss-reactive ketones (excluding diaryl/α,β-unsaturated/α-hetero) is 1. The largest absolute Gasteiger partial charge is 0.359 e. The van der Waals surface area contributed by atoms with Crippen LogP contribution >= 0.6 is 0 Å². The molecular weight excluding hydrogens is 324 g/mol. The highest BCUT2D eigenvalue weighted by molar-refractivity contribution is 6.05. The first-order chi connectivity index (χ1) is 12.6. The van der Waals surface area contributed by atoms with Gasteiger partial charge in [0.2, 0.25) is 5.78 Å². The van der Waals surface area contributed by atoms with Crippen molar-refractivity contribution in [3.63, 3.8) is 0 Å². The standard InChI is InChI=1S/C22H20N2O2/c1-16-12-14-18(15-13-16)22(26)24-21(23-19-10-6-3-7-11-19)20(25)17-8-4-2-5-9-17/h2-15,21,23H,1H3,(H,24,26). The number of aryl methyl sites for hydroxylation is 1. The zero-order valence-corrected chi connectivity index (χ0v) is 14.5. The zero-order chi connectivity index (χ0) is 18.4. The lowest BCUT2D eigenvalue weighted by Gasteiger charge is -2.20. The van der Waals surface area contributed by atoms with Crippen LogP contribution in [-0.2, 0) is 0 Å². The van der Waals surface area contributed by atoms with Crippen molar-refractivity contribution in [1.29, 1.82) is 0 Å². The molecule has 3 rings (SSSR count). The molecule has 0 heterocycles. The zero-order valence-electron chi connectivity index (χ0n) is 14.5. The van der Waals surface area contributed by atoms with E-state index in [9.17, 15) is 9.59 Å². The van der Waals surface area contributed by atoms with E-state index in [1.807, 2.05) is 55.5 Å². The van der Waals surface area contributed by atoms with Crippen molar-refractivity contribution in [2.45, 2.75) is 13.1 Å². The van der Waals surface area contributed by atoms with Gasteiger partial charge in [-0.05, 0) is 31.2 Å². The van der Waals surface area contributed by atoms with Crippen LogP contribution in [0.15, 0.2) is 84.9 Å². The number of amides is 1. The maximum absolute atomic E-state index is 12.9. The van der Waals surface area contributed by atoms with Crippen LogP contribution < -0.4 is 10.6 Å². The predicted molar refractivity (Wildman–Crippen MR) is 103 cm³/mol. The summed E-state index contributed by atoms with van der Waals surface area (Å²) in [5.41, 5.74) is 2.87. The fourth-order valence-corrected chi connectivity index (χ4v) is 2.56. The van der Waals surface area contributed by atoms with Gasteiger partial charge in [0.25, 0.3) is 5.91 Å². The summed E-state index contributed by atoms with van der Waals surface area (Å²) in [4.78, 5) is 25.5. The molecular formula is C22H20N2O2. The first-order valence-electron chi connectivity index (χ1n) is 8.42. The van der Waals surface area contributed by atoms with E-state index in [0.717, 1.165) is 11.3 Å². The molecule has 26 heavy (non-hydrogen) atoms. The molecule has 0 saturated carbocycles. The number of carbonyl (C=O) groups is 2. The van der Waals surface area contributed by atoms with Crippen molar-refractivity contribution < 1.29 is 9.59 Å². The minimum absolute atomic E-state index is 0.199. The highest BCUT2D eigenvalue weighted by atomic mass is 16.2. The number of nitrogens with one attached hydrogen (secondary N) is 2. The fraction of sp³-hybridized carbons (Fsp3) is 0.0909. The molecule has 0 aliphatic heterocycles. The maximum Gasteiger partial charge on any atom is 0.253 e. The molecule has 4 nitrogen and oxygen atoms in total. The molecule has 130 valence electrons. The SMILES string of the molecule is Cc1ccc(C(=O)NC(Nc2ccccc2)C(=O)c2ccccc2)cc1. The van der Waals surface area contributed by atoms with Gasteiger partial charge in [0.1, 0.15) is 0 Å². The summed E-state index contributed by atoms with van der Waals surface area (Å²) >= 11 is 0. The Balaban J connectivity index is 1.83. The van der Waals surface area contributed by atoms with Gasteiger partial charge in [-0.15, -0.1) is 0 Å². The van der Waals surface area contributed by atoms with Crippen LogP contribution in [0.3, 0.4) is 0 Å². The quantitative estimate of drug-likeness (QED) is 0.524. The van der Waals surface area contributed by atoms with Gasteiger partial charge in [0, 0.05) is 16.8 Å². The summed E-state index contributed by atoms with van der Waals surface area (Å²) in [5, 5.41) is 5.91. The third-order valence-corrected chi connectivity index (χ3v) is 3.99. The molecule has 0 bridgehead atoms. The Morgan fingerprint density at radius 2 is 1.31 bits per heavy atom. The van der Waals surface area contributed by atoms with Gasteiger partial charge >= 0.3 is 0 Å². The molecule has 1 atom stereocenters. The van der Waals surface area contributed by atoms with Crippen molar-refractivity contribution in [1.82, 2.24) is 5.32 Å². The number of ketones is 1. The monoisotopic (exact) mass is 344 g/mol. The van der Waals surface area contributed by atoms with Crippen LogP contribution in [-0.4, -0.2) is 17.9 Å². The van der Waals surface area contributed by atoms with Crippen molar-refractivity contribution in [3.05, 3.63) is 102 Å². The normalized spacial score (nSPS) is 11.4. The van der Waals surface area contributed by atoms with Gasteiger partial charge in [-0.25, -0.2) is 0 Å². The number of para-hydroxylation sites is 1. The van der Waals surface area contributed by atoms with Crippen LogP contribution in [0, 0.1) is 6.92 Å². The molecule has 0 aliphatic rings. The Labute approximate surface area is 152 Å². The summed E-state index contributed by atoms with van der Waals surface area (Å²) < 4.78 is 0. The van der Waals surface area contributed by atoms with E-state index in [0.29, 0.717) is 11.1 Å². The van der Waals surface area contributed by atoms with E-state index in [-0.39, 0.29) is 11.7 Å². The smallest absolute Gasteiger partial charge is 0.253 e. The second-order valence-electron chi connectivity index (χ2n) is 6.01. The van der Waals surface area contributed by atoms with E-state index in [1.165, 1.54) is 0 Å². The second kappa shape index (κ2) is 8.12. The van der Waals surface area contributed by atoms with Gasteiger partial charge in [0.05, 0.1) is 0 Å². The van der Waals surface area contributed by atoms with Gasteiger partial charge in [-0.3, -0.25) is 9.59 Å². The maximum atomic E-state index is 12.9. The van der Waals surface area contributed by atoms with E-state index in [1.54, 1.807) is 36.4 Å². The Hall–Kier alpha value is -3.40. The first kappa shape index (κ1) is 17.4.